The highest BCUT2D eigenvalue weighted by Crippen LogP contribution is 2.20. The molecule has 1 aromatic carbocycles. The second-order valence-corrected chi connectivity index (χ2v) is 5.65. The Morgan fingerprint density at radius 2 is 1.79 bits per heavy atom. The van der Waals surface area contributed by atoms with E-state index in [4.69, 9.17) is 4.52 Å². The lowest BCUT2D eigenvalue weighted by molar-refractivity contribution is -0.118. The van der Waals surface area contributed by atoms with Gasteiger partial charge in [-0.05, 0) is 31.5 Å². The van der Waals surface area contributed by atoms with Gasteiger partial charge < -0.3 is 9.42 Å². The number of benzene rings is 1. The molecule has 0 aliphatic rings. The second kappa shape index (κ2) is 7.08. The Hall–Kier alpha value is -2.95. The van der Waals surface area contributed by atoms with Crippen molar-refractivity contribution in [1.29, 1.82) is 0 Å². The molecule has 0 fully saturated rings. The molecule has 122 valence electrons. The van der Waals surface area contributed by atoms with Crippen LogP contribution < -0.4 is 4.90 Å². The van der Waals surface area contributed by atoms with Gasteiger partial charge in [-0.2, -0.15) is 0 Å². The van der Waals surface area contributed by atoms with E-state index in [1.807, 2.05) is 56.3 Å². The zero-order chi connectivity index (χ0) is 16.9. The Bertz CT molecular complexity index is 794. The van der Waals surface area contributed by atoms with Crippen molar-refractivity contribution in [3.8, 4) is 0 Å². The van der Waals surface area contributed by atoms with Gasteiger partial charge in [0.2, 0.25) is 5.91 Å². The van der Waals surface area contributed by atoms with Gasteiger partial charge in [0, 0.05) is 23.6 Å². The van der Waals surface area contributed by atoms with Crippen LogP contribution in [-0.2, 0) is 17.8 Å². The van der Waals surface area contributed by atoms with Gasteiger partial charge in [0.1, 0.15) is 5.76 Å². The first-order chi connectivity index (χ1) is 11.6. The van der Waals surface area contributed by atoms with Crippen molar-refractivity contribution in [2.75, 3.05) is 4.90 Å². The average Bonchev–Trinajstić information content (AvgIpc) is 2.93. The fourth-order valence-corrected chi connectivity index (χ4v) is 2.61. The molecule has 0 aliphatic heterocycles. The molecule has 2 heterocycles. The van der Waals surface area contributed by atoms with Crippen LogP contribution in [0.3, 0.4) is 0 Å². The highest BCUT2D eigenvalue weighted by Gasteiger charge is 2.20. The minimum absolute atomic E-state index is 0.000506. The topological polar surface area (TPSA) is 59.2 Å². The largest absolute Gasteiger partial charge is 0.361 e. The van der Waals surface area contributed by atoms with E-state index in [-0.39, 0.29) is 12.3 Å². The lowest BCUT2D eigenvalue weighted by Crippen LogP contribution is -2.32. The summed E-state index contributed by atoms with van der Waals surface area (Å²) >= 11 is 0. The normalized spacial score (nSPS) is 10.6. The Labute approximate surface area is 140 Å². The molecule has 0 unspecified atom stereocenters. The highest BCUT2D eigenvalue weighted by molar-refractivity contribution is 5.94. The molecule has 5 heteroatoms. The molecular formula is C19H19N3O2. The van der Waals surface area contributed by atoms with E-state index in [0.717, 1.165) is 22.5 Å². The van der Waals surface area contributed by atoms with Crippen LogP contribution in [0.25, 0.3) is 0 Å². The van der Waals surface area contributed by atoms with Crippen LogP contribution in [-0.4, -0.2) is 16.0 Å². The molecule has 0 bridgehead atoms. The predicted molar refractivity (Wildman–Crippen MR) is 91.6 cm³/mol. The Kier molecular flexibility index (Phi) is 4.70. The van der Waals surface area contributed by atoms with Crippen molar-refractivity contribution in [3.63, 3.8) is 0 Å². The van der Waals surface area contributed by atoms with Crippen LogP contribution in [0.4, 0.5) is 5.69 Å². The van der Waals surface area contributed by atoms with Gasteiger partial charge >= 0.3 is 0 Å². The Balaban J connectivity index is 1.88. The molecule has 1 amide bonds. The maximum Gasteiger partial charge on any atom is 0.231 e. The van der Waals surface area contributed by atoms with Gasteiger partial charge in [0.15, 0.2) is 0 Å². The van der Waals surface area contributed by atoms with Gasteiger partial charge in [-0.25, -0.2) is 0 Å². The van der Waals surface area contributed by atoms with Crippen LogP contribution in [0.5, 0.6) is 0 Å². The van der Waals surface area contributed by atoms with E-state index in [0.29, 0.717) is 12.3 Å². The van der Waals surface area contributed by atoms with Gasteiger partial charge in [-0.3, -0.25) is 9.78 Å². The maximum absolute atomic E-state index is 13.0. The van der Waals surface area contributed by atoms with E-state index in [2.05, 4.69) is 10.1 Å². The molecule has 24 heavy (non-hydrogen) atoms. The molecule has 0 aliphatic carbocycles. The quantitative estimate of drug-likeness (QED) is 0.722. The first kappa shape index (κ1) is 15.9. The molecule has 0 saturated heterocycles. The zero-order valence-electron chi connectivity index (χ0n) is 13.8. The van der Waals surface area contributed by atoms with Gasteiger partial charge in [-0.1, -0.05) is 35.5 Å². The van der Waals surface area contributed by atoms with E-state index in [1.54, 1.807) is 17.3 Å². The number of carbonyl (C=O) groups excluding carboxylic acids is 1. The molecule has 0 saturated carbocycles. The first-order valence-corrected chi connectivity index (χ1v) is 7.81. The minimum atomic E-state index is -0.000506. The SMILES string of the molecule is Cc1noc(C)c1CC(=O)N(Cc1ccccc1)c1ccncc1. The molecule has 3 rings (SSSR count). The summed E-state index contributed by atoms with van der Waals surface area (Å²) in [6, 6.07) is 13.6. The third-order valence-corrected chi connectivity index (χ3v) is 3.97. The first-order valence-electron chi connectivity index (χ1n) is 7.81. The molecule has 5 nitrogen and oxygen atoms in total. The van der Waals surface area contributed by atoms with Crippen LogP contribution in [0.2, 0.25) is 0 Å². The number of hydrogen-bond acceptors (Lipinski definition) is 4. The summed E-state index contributed by atoms with van der Waals surface area (Å²) in [5.74, 6) is 0.690. The minimum Gasteiger partial charge on any atom is -0.361 e. The summed E-state index contributed by atoms with van der Waals surface area (Å²) in [4.78, 5) is 18.8. The molecule has 0 atom stereocenters. The fraction of sp³-hybridized carbons (Fsp3) is 0.211. The molecule has 2 aromatic heterocycles. The summed E-state index contributed by atoms with van der Waals surface area (Å²) in [6.07, 6.45) is 3.64. The molecule has 3 aromatic rings. The highest BCUT2D eigenvalue weighted by atomic mass is 16.5. The summed E-state index contributed by atoms with van der Waals surface area (Å²) in [7, 11) is 0. The maximum atomic E-state index is 13.0. The number of hydrogen-bond donors (Lipinski definition) is 0. The van der Waals surface area contributed by atoms with Crippen molar-refractivity contribution in [1.82, 2.24) is 10.1 Å². The van der Waals surface area contributed by atoms with Crippen LogP contribution in [0.1, 0.15) is 22.6 Å². The van der Waals surface area contributed by atoms with Gasteiger partial charge in [0.25, 0.3) is 0 Å². The number of amides is 1. The third-order valence-electron chi connectivity index (χ3n) is 3.97. The molecule has 0 radical (unpaired) electrons. The number of nitrogens with zero attached hydrogens (tertiary/aromatic N) is 3. The number of carbonyl (C=O) groups is 1. The zero-order valence-corrected chi connectivity index (χ0v) is 13.8. The van der Waals surface area contributed by atoms with Crippen molar-refractivity contribution in [2.45, 2.75) is 26.8 Å². The summed E-state index contributed by atoms with van der Waals surface area (Å²) in [6.45, 7) is 4.19. The Morgan fingerprint density at radius 1 is 1.08 bits per heavy atom. The van der Waals surface area contributed by atoms with Crippen molar-refractivity contribution >= 4 is 11.6 Å². The van der Waals surface area contributed by atoms with Gasteiger partial charge in [-0.15, -0.1) is 0 Å². The monoisotopic (exact) mass is 321 g/mol. The lowest BCUT2D eigenvalue weighted by atomic mass is 10.1. The predicted octanol–water partition coefficient (Wildman–Crippen LogP) is 3.46. The summed E-state index contributed by atoms with van der Waals surface area (Å²) in [5, 5.41) is 3.93. The Morgan fingerprint density at radius 3 is 2.42 bits per heavy atom. The van der Waals surface area contributed by atoms with Crippen LogP contribution in [0, 0.1) is 13.8 Å². The van der Waals surface area contributed by atoms with E-state index < -0.39 is 0 Å². The van der Waals surface area contributed by atoms with Crippen LogP contribution >= 0.6 is 0 Å². The summed E-state index contributed by atoms with van der Waals surface area (Å²) < 4.78 is 5.17. The van der Waals surface area contributed by atoms with Crippen molar-refractivity contribution in [2.24, 2.45) is 0 Å². The smallest absolute Gasteiger partial charge is 0.231 e. The van der Waals surface area contributed by atoms with Crippen LogP contribution in [0.15, 0.2) is 59.4 Å². The number of anilines is 1. The van der Waals surface area contributed by atoms with Gasteiger partial charge in [0.05, 0.1) is 18.7 Å². The average molecular weight is 321 g/mol. The van der Waals surface area contributed by atoms with E-state index in [1.165, 1.54) is 0 Å². The molecule has 0 spiro atoms. The fourth-order valence-electron chi connectivity index (χ4n) is 2.61. The van der Waals surface area contributed by atoms with Crippen molar-refractivity contribution < 1.29 is 9.32 Å². The second-order valence-electron chi connectivity index (χ2n) is 5.65. The standard InChI is InChI=1S/C19H19N3O2/c1-14-18(15(2)24-21-14)12-19(23)22(17-8-10-20-11-9-17)13-16-6-4-3-5-7-16/h3-11H,12-13H2,1-2H3. The number of rotatable bonds is 5. The molecular weight excluding hydrogens is 302 g/mol. The van der Waals surface area contributed by atoms with Crippen molar-refractivity contribution in [3.05, 3.63) is 77.4 Å². The molecule has 0 N–H and O–H groups in total. The van der Waals surface area contributed by atoms with E-state index in [9.17, 15) is 4.79 Å². The number of aromatic nitrogens is 2. The number of pyridine rings is 1. The van der Waals surface area contributed by atoms with E-state index >= 15 is 0 Å². The lowest BCUT2D eigenvalue weighted by Gasteiger charge is -2.23. The summed E-state index contributed by atoms with van der Waals surface area (Å²) in [5.41, 5.74) is 3.51. The number of aryl methyl sites for hydroxylation is 2. The third kappa shape index (κ3) is 3.51.